The summed E-state index contributed by atoms with van der Waals surface area (Å²) in [6, 6.07) is 0. The van der Waals surface area contributed by atoms with Gasteiger partial charge in [-0.25, -0.2) is 0 Å². The van der Waals surface area contributed by atoms with E-state index >= 15 is 0 Å². The predicted molar refractivity (Wildman–Crippen MR) is 80.8 cm³/mol. The van der Waals surface area contributed by atoms with Crippen molar-refractivity contribution in [3.05, 3.63) is 0 Å². The predicted octanol–water partition coefficient (Wildman–Crippen LogP) is 3.04. The molecule has 0 aromatic heterocycles. The van der Waals surface area contributed by atoms with E-state index in [-0.39, 0.29) is 0 Å². The van der Waals surface area contributed by atoms with Crippen molar-refractivity contribution in [2.45, 2.75) is 59.3 Å². The van der Waals surface area contributed by atoms with Gasteiger partial charge in [-0.05, 0) is 56.4 Å². The molecule has 0 aromatic rings. The summed E-state index contributed by atoms with van der Waals surface area (Å²) in [5.41, 5.74) is 5.66. The lowest BCUT2D eigenvalue weighted by atomic mass is 9.88. The van der Waals surface area contributed by atoms with Crippen molar-refractivity contribution >= 4 is 5.91 Å². The third-order valence-corrected chi connectivity index (χ3v) is 4.58. The van der Waals surface area contributed by atoms with E-state index in [1.165, 1.54) is 19.3 Å². The Balaban J connectivity index is 2.36. The molecule has 0 bridgehead atoms. The summed E-state index contributed by atoms with van der Waals surface area (Å²) in [5.74, 6) is 2.36. The average Bonchev–Trinajstić information content (AvgIpc) is 2.58. The van der Waals surface area contributed by atoms with Crippen LogP contribution in [0.5, 0.6) is 0 Å². The highest BCUT2D eigenvalue weighted by molar-refractivity contribution is 5.76. The van der Waals surface area contributed by atoms with E-state index in [0.29, 0.717) is 24.2 Å². The summed E-state index contributed by atoms with van der Waals surface area (Å²) in [7, 11) is 0. The van der Waals surface area contributed by atoms with Gasteiger partial charge in [0.1, 0.15) is 0 Å². The molecular weight excluding hydrogens is 236 g/mol. The van der Waals surface area contributed by atoms with Crippen LogP contribution in [-0.2, 0) is 4.79 Å². The summed E-state index contributed by atoms with van der Waals surface area (Å²) in [6.45, 7) is 9.43. The number of nitrogens with two attached hydrogens (primary N) is 1. The molecule has 3 nitrogen and oxygen atoms in total. The van der Waals surface area contributed by atoms with Crippen molar-refractivity contribution in [3.63, 3.8) is 0 Å². The zero-order chi connectivity index (χ0) is 14.3. The van der Waals surface area contributed by atoms with Crippen LogP contribution in [0.25, 0.3) is 0 Å². The molecule has 2 atom stereocenters. The topological polar surface area (TPSA) is 46.3 Å². The molecule has 1 amide bonds. The van der Waals surface area contributed by atoms with Gasteiger partial charge in [0.05, 0.1) is 0 Å². The summed E-state index contributed by atoms with van der Waals surface area (Å²) in [6.07, 6.45) is 6.36. The van der Waals surface area contributed by atoms with E-state index in [1.807, 2.05) is 0 Å². The minimum atomic E-state index is 0.358. The van der Waals surface area contributed by atoms with E-state index in [1.54, 1.807) is 0 Å². The molecule has 1 rings (SSSR count). The largest absolute Gasteiger partial charge is 0.343 e. The van der Waals surface area contributed by atoms with Gasteiger partial charge in [-0.2, -0.15) is 0 Å². The SMILES string of the molecule is CC1CCCN(C(=O)CCC(CCN)C(C)C)CC1. The summed E-state index contributed by atoms with van der Waals surface area (Å²) < 4.78 is 0. The Kier molecular flexibility index (Phi) is 7.44. The van der Waals surface area contributed by atoms with Gasteiger partial charge in [-0.15, -0.1) is 0 Å². The van der Waals surface area contributed by atoms with Gasteiger partial charge in [0, 0.05) is 19.5 Å². The first-order valence-corrected chi connectivity index (χ1v) is 8.02. The Morgan fingerprint density at radius 1 is 1.26 bits per heavy atom. The Labute approximate surface area is 118 Å². The van der Waals surface area contributed by atoms with E-state index in [2.05, 4.69) is 25.7 Å². The van der Waals surface area contributed by atoms with E-state index < -0.39 is 0 Å². The minimum Gasteiger partial charge on any atom is -0.343 e. The first-order chi connectivity index (χ1) is 9.04. The monoisotopic (exact) mass is 268 g/mol. The molecule has 1 saturated heterocycles. The molecule has 0 saturated carbocycles. The normalized spacial score (nSPS) is 22.4. The maximum absolute atomic E-state index is 12.3. The lowest BCUT2D eigenvalue weighted by Crippen LogP contribution is -2.32. The zero-order valence-corrected chi connectivity index (χ0v) is 13.0. The van der Waals surface area contributed by atoms with Crippen molar-refractivity contribution in [2.75, 3.05) is 19.6 Å². The van der Waals surface area contributed by atoms with E-state index in [4.69, 9.17) is 5.73 Å². The number of amides is 1. The van der Waals surface area contributed by atoms with Crippen molar-refractivity contribution in [1.82, 2.24) is 4.90 Å². The van der Waals surface area contributed by atoms with Crippen molar-refractivity contribution in [1.29, 1.82) is 0 Å². The standard InChI is InChI=1S/C16H32N2O/c1-13(2)15(8-10-17)6-7-16(19)18-11-4-5-14(3)9-12-18/h13-15H,4-12,17H2,1-3H3. The first kappa shape index (κ1) is 16.5. The number of rotatable bonds is 6. The summed E-state index contributed by atoms with van der Waals surface area (Å²) >= 11 is 0. The third-order valence-electron chi connectivity index (χ3n) is 4.58. The lowest BCUT2D eigenvalue weighted by Gasteiger charge is -2.24. The van der Waals surface area contributed by atoms with Crippen LogP contribution < -0.4 is 5.73 Å². The van der Waals surface area contributed by atoms with Crippen molar-refractivity contribution < 1.29 is 4.79 Å². The number of hydrogen-bond donors (Lipinski definition) is 1. The molecule has 0 aliphatic carbocycles. The first-order valence-electron chi connectivity index (χ1n) is 8.02. The molecule has 0 aromatic carbocycles. The number of likely N-dealkylation sites (tertiary alicyclic amines) is 1. The molecule has 0 spiro atoms. The molecule has 0 radical (unpaired) electrons. The van der Waals surface area contributed by atoms with E-state index in [9.17, 15) is 4.79 Å². The highest BCUT2D eigenvalue weighted by Gasteiger charge is 2.20. The van der Waals surface area contributed by atoms with Crippen LogP contribution in [0.3, 0.4) is 0 Å². The van der Waals surface area contributed by atoms with Gasteiger partial charge in [0.15, 0.2) is 0 Å². The lowest BCUT2D eigenvalue weighted by molar-refractivity contribution is -0.131. The maximum Gasteiger partial charge on any atom is 0.222 e. The molecule has 2 N–H and O–H groups in total. The number of nitrogens with zero attached hydrogens (tertiary/aromatic N) is 1. The molecule has 112 valence electrons. The van der Waals surface area contributed by atoms with Crippen LogP contribution in [-0.4, -0.2) is 30.4 Å². The molecule has 1 fully saturated rings. The Morgan fingerprint density at radius 3 is 2.63 bits per heavy atom. The van der Waals surface area contributed by atoms with Gasteiger partial charge < -0.3 is 10.6 Å². The Morgan fingerprint density at radius 2 is 2.00 bits per heavy atom. The van der Waals surface area contributed by atoms with Crippen LogP contribution in [0.15, 0.2) is 0 Å². The van der Waals surface area contributed by atoms with Gasteiger partial charge in [0.2, 0.25) is 5.91 Å². The van der Waals surface area contributed by atoms with E-state index in [0.717, 1.165) is 38.4 Å². The van der Waals surface area contributed by atoms with Gasteiger partial charge >= 0.3 is 0 Å². The van der Waals surface area contributed by atoms with Gasteiger partial charge in [0.25, 0.3) is 0 Å². The van der Waals surface area contributed by atoms with Crippen LogP contribution in [0, 0.1) is 17.8 Å². The second-order valence-corrected chi connectivity index (χ2v) is 6.54. The molecule has 1 aliphatic rings. The number of carbonyl (C=O) groups is 1. The second-order valence-electron chi connectivity index (χ2n) is 6.54. The number of carbonyl (C=O) groups excluding carboxylic acids is 1. The smallest absolute Gasteiger partial charge is 0.222 e. The molecule has 1 aliphatic heterocycles. The highest BCUT2D eigenvalue weighted by Crippen LogP contribution is 2.22. The summed E-state index contributed by atoms with van der Waals surface area (Å²) in [5, 5.41) is 0. The minimum absolute atomic E-state index is 0.358. The zero-order valence-electron chi connectivity index (χ0n) is 13.0. The maximum atomic E-state index is 12.3. The van der Waals surface area contributed by atoms with Crippen LogP contribution in [0.2, 0.25) is 0 Å². The van der Waals surface area contributed by atoms with Crippen molar-refractivity contribution in [2.24, 2.45) is 23.5 Å². The quantitative estimate of drug-likeness (QED) is 0.805. The summed E-state index contributed by atoms with van der Waals surface area (Å²) in [4.78, 5) is 14.4. The molecular formula is C16H32N2O. The van der Waals surface area contributed by atoms with Gasteiger partial charge in [-0.3, -0.25) is 4.79 Å². The Hall–Kier alpha value is -0.570. The Bertz CT molecular complexity index is 265. The fourth-order valence-corrected chi connectivity index (χ4v) is 3.00. The third kappa shape index (κ3) is 5.94. The molecule has 1 heterocycles. The fraction of sp³-hybridized carbons (Fsp3) is 0.938. The average molecular weight is 268 g/mol. The molecule has 2 unspecified atom stereocenters. The second kappa shape index (κ2) is 8.57. The van der Waals surface area contributed by atoms with Crippen LogP contribution in [0.4, 0.5) is 0 Å². The van der Waals surface area contributed by atoms with Crippen LogP contribution in [0.1, 0.15) is 59.3 Å². The highest BCUT2D eigenvalue weighted by atomic mass is 16.2. The molecule has 19 heavy (non-hydrogen) atoms. The number of hydrogen-bond acceptors (Lipinski definition) is 2. The van der Waals surface area contributed by atoms with Crippen LogP contribution >= 0.6 is 0 Å². The van der Waals surface area contributed by atoms with Crippen molar-refractivity contribution in [3.8, 4) is 0 Å². The fourth-order valence-electron chi connectivity index (χ4n) is 3.00. The van der Waals surface area contributed by atoms with Gasteiger partial charge in [-0.1, -0.05) is 20.8 Å². The molecule has 3 heteroatoms.